The minimum absolute atomic E-state index is 0.0355. The summed E-state index contributed by atoms with van der Waals surface area (Å²) in [5.74, 6) is 1.75. The molecule has 2 aliphatic rings. The Hall–Kier alpha value is -1.26. The first-order chi connectivity index (χ1) is 9.17. The molecule has 1 aliphatic carbocycles. The zero-order chi connectivity index (χ0) is 13.4. The van der Waals surface area contributed by atoms with Crippen LogP contribution < -0.4 is 9.47 Å². The van der Waals surface area contributed by atoms with Crippen LogP contribution in [0.1, 0.15) is 23.2 Å². The highest BCUT2D eigenvalue weighted by Gasteiger charge is 2.42. The molecule has 5 heteroatoms. The Bertz CT molecular complexity index is 502. The third-order valence-electron chi connectivity index (χ3n) is 3.76. The topological polar surface area (TPSA) is 44.8 Å². The van der Waals surface area contributed by atoms with E-state index in [0.717, 1.165) is 19.4 Å². The summed E-state index contributed by atoms with van der Waals surface area (Å²) in [5.41, 5.74) is 0.404. The van der Waals surface area contributed by atoms with E-state index in [1.54, 1.807) is 25.3 Å². The first-order valence-electron chi connectivity index (χ1n) is 6.33. The number of halogens is 1. The van der Waals surface area contributed by atoms with Gasteiger partial charge in [0, 0.05) is 5.56 Å². The Labute approximate surface area is 116 Å². The lowest BCUT2D eigenvalue weighted by atomic mass is 10.1. The molecule has 1 saturated carbocycles. The molecule has 0 amide bonds. The lowest BCUT2D eigenvalue weighted by Crippen LogP contribution is -2.30. The fourth-order valence-electron chi connectivity index (χ4n) is 2.81. The van der Waals surface area contributed by atoms with Crippen molar-refractivity contribution in [2.24, 2.45) is 5.92 Å². The Morgan fingerprint density at radius 2 is 2.21 bits per heavy atom. The predicted molar refractivity (Wildman–Crippen MR) is 70.1 cm³/mol. The molecule has 4 nitrogen and oxygen atoms in total. The van der Waals surface area contributed by atoms with Gasteiger partial charge in [-0.05, 0) is 48.6 Å². The Morgan fingerprint density at radius 1 is 1.37 bits per heavy atom. The predicted octanol–water partition coefficient (Wildman–Crippen LogP) is 2.63. The minimum Gasteiger partial charge on any atom is -0.493 e. The van der Waals surface area contributed by atoms with Crippen molar-refractivity contribution >= 4 is 16.8 Å². The van der Waals surface area contributed by atoms with E-state index < -0.39 is 5.24 Å². The molecule has 1 aromatic rings. The van der Waals surface area contributed by atoms with E-state index in [9.17, 15) is 4.79 Å². The molecule has 1 saturated heterocycles. The summed E-state index contributed by atoms with van der Waals surface area (Å²) in [5, 5.41) is -0.503. The molecule has 0 aromatic heterocycles. The molecule has 3 atom stereocenters. The average Bonchev–Trinajstić information content (AvgIpc) is 3.01. The maximum Gasteiger partial charge on any atom is 0.252 e. The molecule has 3 rings (SSSR count). The van der Waals surface area contributed by atoms with Crippen LogP contribution in [-0.4, -0.2) is 31.2 Å². The van der Waals surface area contributed by atoms with E-state index in [-0.39, 0.29) is 12.2 Å². The zero-order valence-electron chi connectivity index (χ0n) is 10.6. The highest BCUT2D eigenvalue weighted by molar-refractivity contribution is 6.67. The van der Waals surface area contributed by atoms with Crippen LogP contribution in [0.25, 0.3) is 0 Å². The van der Waals surface area contributed by atoms with Gasteiger partial charge < -0.3 is 14.2 Å². The number of hydrogen-bond donors (Lipinski definition) is 0. The summed E-state index contributed by atoms with van der Waals surface area (Å²) in [6.45, 7) is 0.835. The molecule has 19 heavy (non-hydrogen) atoms. The van der Waals surface area contributed by atoms with Crippen LogP contribution in [0.2, 0.25) is 0 Å². The number of fused-ring (bicyclic) bond motifs is 2. The maximum absolute atomic E-state index is 11.2. The molecular formula is C14H15ClO4. The molecule has 0 spiro atoms. The molecule has 102 valence electrons. The van der Waals surface area contributed by atoms with Crippen molar-refractivity contribution in [3.63, 3.8) is 0 Å². The first kappa shape index (κ1) is 12.8. The molecule has 0 radical (unpaired) electrons. The van der Waals surface area contributed by atoms with Crippen molar-refractivity contribution in [1.29, 1.82) is 0 Å². The molecule has 3 unspecified atom stereocenters. The Kier molecular flexibility index (Phi) is 3.37. The number of carbonyl (C=O) groups is 1. The SMILES string of the molecule is COc1ccc(C(=O)Cl)cc1OC1CC2COC1C2. The summed E-state index contributed by atoms with van der Waals surface area (Å²) in [4.78, 5) is 11.2. The van der Waals surface area contributed by atoms with Gasteiger partial charge in [0.25, 0.3) is 5.24 Å². The second kappa shape index (κ2) is 5.02. The first-order valence-corrected chi connectivity index (χ1v) is 6.71. The lowest BCUT2D eigenvalue weighted by molar-refractivity contribution is -0.0116. The van der Waals surface area contributed by atoms with E-state index >= 15 is 0 Å². The molecule has 0 N–H and O–H groups in total. The van der Waals surface area contributed by atoms with Gasteiger partial charge in [-0.1, -0.05) is 0 Å². The number of rotatable bonds is 4. The van der Waals surface area contributed by atoms with Crippen LogP contribution in [0.15, 0.2) is 18.2 Å². The van der Waals surface area contributed by atoms with Gasteiger partial charge in [0.1, 0.15) is 6.10 Å². The zero-order valence-corrected chi connectivity index (χ0v) is 11.4. The normalized spacial score (nSPS) is 28.4. The van der Waals surface area contributed by atoms with Gasteiger partial charge >= 0.3 is 0 Å². The van der Waals surface area contributed by atoms with Crippen LogP contribution in [0.4, 0.5) is 0 Å². The van der Waals surface area contributed by atoms with Gasteiger partial charge in [0.2, 0.25) is 0 Å². The number of ether oxygens (including phenoxy) is 3. The minimum atomic E-state index is -0.503. The summed E-state index contributed by atoms with van der Waals surface area (Å²) < 4.78 is 16.8. The number of methoxy groups -OCH3 is 1. The van der Waals surface area contributed by atoms with Crippen molar-refractivity contribution in [2.45, 2.75) is 25.0 Å². The average molecular weight is 283 g/mol. The summed E-state index contributed by atoms with van der Waals surface area (Å²) >= 11 is 5.49. The van der Waals surface area contributed by atoms with Gasteiger partial charge in [-0.2, -0.15) is 0 Å². The van der Waals surface area contributed by atoms with Crippen LogP contribution in [0.3, 0.4) is 0 Å². The second-order valence-electron chi connectivity index (χ2n) is 5.00. The molecule has 2 fully saturated rings. The summed E-state index contributed by atoms with van der Waals surface area (Å²) in [6, 6.07) is 4.94. The fraction of sp³-hybridized carbons (Fsp3) is 0.500. The highest BCUT2D eigenvalue weighted by Crippen LogP contribution is 2.39. The summed E-state index contributed by atoms with van der Waals surface area (Å²) in [6.07, 6.45) is 2.24. The smallest absolute Gasteiger partial charge is 0.252 e. The van der Waals surface area contributed by atoms with Gasteiger partial charge in [-0.15, -0.1) is 0 Å². The van der Waals surface area contributed by atoms with E-state index in [0.29, 0.717) is 23.0 Å². The third-order valence-corrected chi connectivity index (χ3v) is 3.98. The maximum atomic E-state index is 11.2. The molecule has 2 bridgehead atoms. The quantitative estimate of drug-likeness (QED) is 0.797. The van der Waals surface area contributed by atoms with E-state index in [2.05, 4.69) is 0 Å². The third kappa shape index (κ3) is 2.42. The Balaban J connectivity index is 1.82. The van der Waals surface area contributed by atoms with Crippen LogP contribution in [0.5, 0.6) is 11.5 Å². The van der Waals surface area contributed by atoms with Crippen molar-refractivity contribution in [1.82, 2.24) is 0 Å². The van der Waals surface area contributed by atoms with E-state index in [1.165, 1.54) is 0 Å². The molecule has 1 aromatic carbocycles. The van der Waals surface area contributed by atoms with E-state index in [4.69, 9.17) is 25.8 Å². The highest BCUT2D eigenvalue weighted by atomic mass is 35.5. The monoisotopic (exact) mass is 282 g/mol. The standard InChI is InChI=1S/C14H15ClO4/c1-17-10-3-2-9(14(15)16)6-13(10)19-12-5-8-4-11(12)18-7-8/h2-3,6,8,11-12H,4-5,7H2,1H3. The van der Waals surface area contributed by atoms with Crippen molar-refractivity contribution < 1.29 is 19.0 Å². The van der Waals surface area contributed by atoms with Crippen molar-refractivity contribution in [3.8, 4) is 11.5 Å². The molecule has 1 aliphatic heterocycles. The molecular weight excluding hydrogens is 268 g/mol. The second-order valence-corrected chi connectivity index (χ2v) is 5.35. The fourth-order valence-corrected chi connectivity index (χ4v) is 2.92. The van der Waals surface area contributed by atoms with Crippen LogP contribution >= 0.6 is 11.6 Å². The van der Waals surface area contributed by atoms with Gasteiger partial charge in [0.15, 0.2) is 11.5 Å². The van der Waals surface area contributed by atoms with Crippen LogP contribution in [0, 0.1) is 5.92 Å². The number of carbonyl (C=O) groups excluding carboxylic acids is 1. The summed E-state index contributed by atoms with van der Waals surface area (Å²) in [7, 11) is 1.57. The van der Waals surface area contributed by atoms with Crippen LogP contribution in [-0.2, 0) is 4.74 Å². The van der Waals surface area contributed by atoms with Crippen molar-refractivity contribution in [3.05, 3.63) is 23.8 Å². The van der Waals surface area contributed by atoms with Crippen molar-refractivity contribution in [2.75, 3.05) is 13.7 Å². The van der Waals surface area contributed by atoms with Gasteiger partial charge in [0.05, 0.1) is 19.8 Å². The number of benzene rings is 1. The largest absolute Gasteiger partial charge is 0.493 e. The van der Waals surface area contributed by atoms with E-state index in [1.807, 2.05) is 0 Å². The number of hydrogen-bond acceptors (Lipinski definition) is 4. The van der Waals surface area contributed by atoms with Gasteiger partial charge in [-0.25, -0.2) is 0 Å². The lowest BCUT2D eigenvalue weighted by Gasteiger charge is -2.24. The van der Waals surface area contributed by atoms with Gasteiger partial charge in [-0.3, -0.25) is 4.79 Å². The Morgan fingerprint density at radius 3 is 2.79 bits per heavy atom. The molecule has 1 heterocycles.